The molecule has 5 aromatic rings. The van der Waals surface area contributed by atoms with E-state index in [2.05, 4.69) is 50.2 Å². The molecule has 21 heteroatoms. The van der Waals surface area contributed by atoms with E-state index < -0.39 is 18.0 Å². The van der Waals surface area contributed by atoms with Crippen LogP contribution in [-0.4, -0.2) is 107 Å². The largest absolute Gasteiger partial charge is 0.494 e. The number of ether oxygens (including phenoxy) is 2. The summed E-state index contributed by atoms with van der Waals surface area (Å²) < 4.78 is 13.7. The number of carbonyl (C=O) groups is 5. The van der Waals surface area contributed by atoms with Crippen molar-refractivity contribution in [3.05, 3.63) is 104 Å². The summed E-state index contributed by atoms with van der Waals surface area (Å²) in [4.78, 5) is 72.4. The lowest BCUT2D eigenvalue weighted by molar-refractivity contribution is -0.123. The van der Waals surface area contributed by atoms with Crippen LogP contribution in [0.5, 0.6) is 11.5 Å². The van der Waals surface area contributed by atoms with Crippen LogP contribution >= 0.6 is 22.9 Å². The molecule has 1 unspecified atom stereocenters. The van der Waals surface area contributed by atoms with Gasteiger partial charge in [-0.05, 0) is 50.6 Å². The molecule has 0 saturated carbocycles. The monoisotopic (exact) mass is 918 g/mol. The van der Waals surface area contributed by atoms with Gasteiger partial charge in [0.1, 0.15) is 40.7 Å². The summed E-state index contributed by atoms with van der Waals surface area (Å²) in [7, 11) is 1.51. The van der Waals surface area contributed by atoms with Crippen molar-refractivity contribution in [2.45, 2.75) is 46.2 Å². The number of methoxy groups -OCH3 is 1. The Morgan fingerprint density at radius 1 is 0.985 bits per heavy atom. The standard InChI is InChI=1S/C44H43ClN12O7S/c1-23-24(2)65-43-38(23)39(26-8-10-27(45)11-9-26)48-32(41-53-50-25(3)57(41)43)20-36(59)46-13-14-47-37(60)22-54-16-17-64-34-19-28(18-33(63-4)40(34)54)51-52-31-7-5-6-29-30(31)21-56(42(29)61)55-15-12-35(58)49-44(55)62/h5-11,18-19,32H,12-17,20-22H2,1-4H3,(H,46,59)(H,47,60)(H,49,58,62)/b52-51-. The number of hydrogen-bond donors (Lipinski definition) is 3. The van der Waals surface area contributed by atoms with Crippen LogP contribution in [0.2, 0.25) is 5.02 Å². The topological polar surface area (TPSA) is 217 Å². The maximum atomic E-state index is 13.5. The lowest BCUT2D eigenvalue weighted by Crippen LogP contribution is -2.56. The number of nitrogens with zero attached hydrogens (tertiary/aromatic N) is 9. The predicted octanol–water partition coefficient (Wildman–Crippen LogP) is 5.56. The van der Waals surface area contributed by atoms with Gasteiger partial charge in [0.05, 0.1) is 56.8 Å². The van der Waals surface area contributed by atoms with Crippen molar-refractivity contribution in [2.75, 3.05) is 51.3 Å². The van der Waals surface area contributed by atoms with Crippen LogP contribution in [0.3, 0.4) is 0 Å². The van der Waals surface area contributed by atoms with E-state index in [4.69, 9.17) is 26.1 Å². The fourth-order valence-corrected chi connectivity index (χ4v) is 9.58. The average Bonchev–Trinajstić information content (AvgIpc) is 3.91. The van der Waals surface area contributed by atoms with Crippen LogP contribution in [-0.2, 0) is 20.9 Å². The molecule has 0 bridgehead atoms. The highest BCUT2D eigenvalue weighted by Gasteiger charge is 2.38. The molecule has 4 aliphatic heterocycles. The number of amides is 6. The maximum absolute atomic E-state index is 13.5. The number of thiophene rings is 1. The zero-order chi connectivity index (χ0) is 45.5. The summed E-state index contributed by atoms with van der Waals surface area (Å²) in [5.41, 5.74) is 6.08. The van der Waals surface area contributed by atoms with Gasteiger partial charge < -0.3 is 25.0 Å². The first-order chi connectivity index (χ1) is 31.4. The highest BCUT2D eigenvalue weighted by atomic mass is 35.5. The molecule has 3 aromatic carbocycles. The van der Waals surface area contributed by atoms with E-state index in [1.54, 1.807) is 41.7 Å². The molecule has 0 aliphatic carbocycles. The Kier molecular flexibility index (Phi) is 11.8. The molecule has 1 atom stereocenters. The Morgan fingerprint density at radius 2 is 1.77 bits per heavy atom. The number of hydrogen-bond acceptors (Lipinski definition) is 14. The number of rotatable bonds is 12. The average molecular weight is 919 g/mol. The zero-order valence-corrected chi connectivity index (χ0v) is 37.4. The van der Waals surface area contributed by atoms with Gasteiger partial charge in [-0.2, -0.15) is 10.2 Å². The number of carbonyl (C=O) groups excluding carboxylic acids is 5. The number of imide groups is 1. The van der Waals surface area contributed by atoms with Gasteiger partial charge in [-0.25, -0.2) is 14.8 Å². The molecule has 1 saturated heterocycles. The quantitative estimate of drug-likeness (QED) is 0.105. The number of aromatic nitrogens is 3. The minimum absolute atomic E-state index is 0.00625. The van der Waals surface area contributed by atoms with Gasteiger partial charge in [0.25, 0.3) is 5.91 Å². The molecular weight excluding hydrogens is 876 g/mol. The zero-order valence-electron chi connectivity index (χ0n) is 35.8. The fourth-order valence-electron chi connectivity index (χ4n) is 8.24. The van der Waals surface area contributed by atoms with Gasteiger partial charge in [0.15, 0.2) is 5.82 Å². The first-order valence-corrected chi connectivity index (χ1v) is 22.0. The molecule has 0 radical (unpaired) electrons. The summed E-state index contributed by atoms with van der Waals surface area (Å²) in [6.07, 6.45) is 0.0925. The number of halogens is 1. The molecule has 65 heavy (non-hydrogen) atoms. The van der Waals surface area contributed by atoms with Gasteiger partial charge in [0.2, 0.25) is 17.7 Å². The van der Waals surface area contributed by atoms with Crippen LogP contribution < -0.4 is 30.3 Å². The lowest BCUT2D eigenvalue weighted by atomic mass is 9.99. The van der Waals surface area contributed by atoms with E-state index in [9.17, 15) is 24.0 Å². The summed E-state index contributed by atoms with van der Waals surface area (Å²) >= 11 is 7.88. The third-order valence-electron chi connectivity index (χ3n) is 11.5. The molecule has 2 aromatic heterocycles. The third kappa shape index (κ3) is 8.37. The van der Waals surface area contributed by atoms with Gasteiger partial charge in [-0.3, -0.25) is 34.1 Å². The lowest BCUT2D eigenvalue weighted by Gasteiger charge is -2.33. The van der Waals surface area contributed by atoms with E-state index in [-0.39, 0.29) is 63.3 Å². The number of azo groups is 1. The van der Waals surface area contributed by atoms with Gasteiger partial charge >= 0.3 is 6.03 Å². The number of fused-ring (bicyclic) bond motifs is 5. The second-order valence-electron chi connectivity index (χ2n) is 15.7. The highest BCUT2D eigenvalue weighted by Crippen LogP contribution is 2.44. The van der Waals surface area contributed by atoms with Crippen LogP contribution in [0.15, 0.2) is 69.8 Å². The van der Waals surface area contributed by atoms with Crippen molar-refractivity contribution in [3.63, 3.8) is 0 Å². The summed E-state index contributed by atoms with van der Waals surface area (Å²) in [5, 5.41) is 29.9. The van der Waals surface area contributed by atoms with Crippen molar-refractivity contribution < 1.29 is 33.4 Å². The molecular formula is C44H43ClN12O7S. The van der Waals surface area contributed by atoms with Gasteiger partial charge in [0, 0.05) is 63.8 Å². The second-order valence-corrected chi connectivity index (χ2v) is 17.3. The minimum atomic E-state index is -0.657. The summed E-state index contributed by atoms with van der Waals surface area (Å²) in [6, 6.07) is 14.6. The molecule has 4 aliphatic rings. The SMILES string of the molecule is COc1cc(/N=N\c2cccc3c2CN(N2CCC(=O)NC2=O)C3=O)cc2c1N(CC(=O)NCCNC(=O)CC1N=C(c3ccc(Cl)cc3)c3c(sc(C)c3C)-n3c(C)nnc31)CCO2. The Balaban J connectivity index is 0.827. The van der Waals surface area contributed by atoms with Crippen LogP contribution in [0.25, 0.3) is 5.00 Å². The van der Waals surface area contributed by atoms with E-state index in [0.717, 1.165) is 32.3 Å². The molecule has 1 fully saturated rings. The Morgan fingerprint density at radius 3 is 2.54 bits per heavy atom. The molecule has 19 nitrogen and oxygen atoms in total. The molecule has 3 N–H and O–H groups in total. The van der Waals surface area contributed by atoms with E-state index >= 15 is 0 Å². The highest BCUT2D eigenvalue weighted by molar-refractivity contribution is 7.15. The molecule has 9 rings (SSSR count). The first kappa shape index (κ1) is 43.1. The van der Waals surface area contributed by atoms with Crippen LogP contribution in [0, 0.1) is 20.8 Å². The maximum Gasteiger partial charge on any atom is 0.342 e. The van der Waals surface area contributed by atoms with Crippen LogP contribution in [0.4, 0.5) is 21.9 Å². The molecule has 6 heterocycles. The van der Waals surface area contributed by atoms with Gasteiger partial charge in [-0.1, -0.05) is 29.8 Å². The van der Waals surface area contributed by atoms with Crippen molar-refractivity contribution in [2.24, 2.45) is 15.2 Å². The normalized spacial score (nSPS) is 16.6. The third-order valence-corrected chi connectivity index (χ3v) is 13.0. The van der Waals surface area contributed by atoms with Crippen molar-refractivity contribution in [3.8, 4) is 16.5 Å². The van der Waals surface area contributed by atoms with Crippen molar-refractivity contribution in [1.82, 2.24) is 40.7 Å². The molecule has 334 valence electrons. The molecule has 6 amide bonds. The number of nitrogens with one attached hydrogen (secondary N) is 3. The van der Waals surface area contributed by atoms with Crippen molar-refractivity contribution >= 4 is 75.4 Å². The number of benzene rings is 3. The fraction of sp³-hybridized carbons (Fsp3) is 0.318. The van der Waals surface area contributed by atoms with Crippen molar-refractivity contribution in [1.29, 1.82) is 0 Å². The Bertz CT molecular complexity index is 2820. The smallest absolute Gasteiger partial charge is 0.342 e. The minimum Gasteiger partial charge on any atom is -0.494 e. The Hall–Kier alpha value is -7.19. The van der Waals surface area contributed by atoms with Crippen LogP contribution in [0.1, 0.15) is 68.0 Å². The van der Waals surface area contributed by atoms with E-state index in [1.807, 2.05) is 40.7 Å². The number of anilines is 1. The van der Waals surface area contributed by atoms with Gasteiger partial charge in [-0.15, -0.1) is 21.5 Å². The second kappa shape index (κ2) is 17.8. The number of aryl methyl sites for hydroxylation is 2. The predicted molar refractivity (Wildman–Crippen MR) is 240 cm³/mol. The summed E-state index contributed by atoms with van der Waals surface area (Å²) in [5.74, 6) is 0.823. The van der Waals surface area contributed by atoms with E-state index in [0.29, 0.717) is 69.5 Å². The molecule has 0 spiro atoms. The number of hydrazine groups is 1. The number of urea groups is 1. The number of aliphatic imine (C=N–C) groups is 1. The first-order valence-electron chi connectivity index (χ1n) is 20.8. The van der Waals surface area contributed by atoms with E-state index in [1.165, 1.54) is 17.1 Å². The Labute approximate surface area is 381 Å². The summed E-state index contributed by atoms with van der Waals surface area (Å²) in [6.45, 7) is 7.26.